The summed E-state index contributed by atoms with van der Waals surface area (Å²) in [4.78, 5) is 35.5. The van der Waals surface area contributed by atoms with Gasteiger partial charge in [-0.15, -0.1) is 0 Å². The van der Waals surface area contributed by atoms with E-state index in [4.69, 9.17) is 38.4 Å². The summed E-state index contributed by atoms with van der Waals surface area (Å²) in [5.41, 5.74) is 1.56. The summed E-state index contributed by atoms with van der Waals surface area (Å²) in [6, 6.07) is 1.32. The number of aliphatic carboxylic acids is 2. The van der Waals surface area contributed by atoms with Crippen molar-refractivity contribution in [1.82, 2.24) is 19.5 Å². The van der Waals surface area contributed by atoms with Crippen LogP contribution >= 0.6 is 23.2 Å². The Labute approximate surface area is 214 Å². The molecule has 3 heterocycles. The van der Waals surface area contributed by atoms with Crippen LogP contribution in [0.2, 0.25) is 10.3 Å². The van der Waals surface area contributed by atoms with Gasteiger partial charge in [-0.1, -0.05) is 11.6 Å². The Morgan fingerprint density at radius 2 is 1.81 bits per heavy atom. The highest BCUT2D eigenvalue weighted by Crippen LogP contribution is 2.35. The van der Waals surface area contributed by atoms with Gasteiger partial charge in [0.05, 0.1) is 12.9 Å². The molecule has 5 N–H and O–H groups in total. The summed E-state index contributed by atoms with van der Waals surface area (Å²) in [7, 11) is 0. The van der Waals surface area contributed by atoms with Crippen molar-refractivity contribution in [3.8, 4) is 0 Å². The third kappa shape index (κ3) is 4.75. The van der Waals surface area contributed by atoms with Gasteiger partial charge in [0.25, 0.3) is 5.60 Å². The van der Waals surface area contributed by atoms with E-state index in [-0.39, 0.29) is 27.3 Å². The Bertz CT molecular complexity index is 1360. The highest BCUT2D eigenvalue weighted by molar-refractivity contribution is 6.30. The highest BCUT2D eigenvalue weighted by Gasteiger charge is 2.52. The van der Waals surface area contributed by atoms with E-state index in [2.05, 4.69) is 15.0 Å². The molecule has 3 aromatic rings. The van der Waals surface area contributed by atoms with Crippen LogP contribution in [0.3, 0.4) is 0 Å². The number of rotatable bonds is 8. The number of carboxylic acid groups (broad SMARTS) is 2. The molecule has 1 aliphatic heterocycles. The maximum absolute atomic E-state index is 15.0. The summed E-state index contributed by atoms with van der Waals surface area (Å²) in [6.45, 7) is -1.00. The van der Waals surface area contributed by atoms with Crippen LogP contribution in [0.15, 0.2) is 18.5 Å². The van der Waals surface area contributed by atoms with Gasteiger partial charge in [-0.3, -0.25) is 4.57 Å². The molecule has 1 fully saturated rings. The number of aromatic nitrogens is 4. The lowest BCUT2D eigenvalue weighted by molar-refractivity contribution is -0.190. The van der Waals surface area contributed by atoms with Gasteiger partial charge in [0.15, 0.2) is 23.9 Å². The molecule has 198 valence electrons. The molecule has 4 atom stereocenters. The standard InChI is InChI=1S/C20H16Cl2F3N5O7/c21-6-1-8(23)7(9(24)2-6)3-20(17(32)33,18(34)35)36-4-10-13(31)11(25)16(37-10)30-5-27-12-14(26)28-19(22)29-15(12)30/h1-2,5,10-11,13,16,31H,3-4H2,(H,32,33)(H,34,35)(H2,26,28,29)/t10-,11+,13-,16-/m1/s1. The van der Waals surface area contributed by atoms with Crippen molar-refractivity contribution in [2.75, 3.05) is 12.3 Å². The normalized spacial score (nSPS) is 22.0. The third-order valence-corrected chi connectivity index (χ3v) is 6.09. The number of ether oxygens (including phenoxy) is 2. The van der Waals surface area contributed by atoms with Gasteiger partial charge in [-0.25, -0.2) is 27.7 Å². The number of aliphatic hydroxyl groups is 1. The molecule has 12 nitrogen and oxygen atoms in total. The molecular formula is C20H16Cl2F3N5O7. The van der Waals surface area contributed by atoms with Crippen LogP contribution in [0.4, 0.5) is 19.0 Å². The van der Waals surface area contributed by atoms with Gasteiger partial charge in [-0.2, -0.15) is 9.97 Å². The molecule has 0 saturated carbocycles. The number of hydrogen-bond donors (Lipinski definition) is 4. The van der Waals surface area contributed by atoms with Crippen LogP contribution in [0.5, 0.6) is 0 Å². The Morgan fingerprint density at radius 3 is 2.41 bits per heavy atom. The van der Waals surface area contributed by atoms with E-state index in [0.29, 0.717) is 12.1 Å². The number of halogens is 5. The van der Waals surface area contributed by atoms with E-state index >= 15 is 4.39 Å². The number of benzene rings is 1. The zero-order valence-corrected chi connectivity index (χ0v) is 19.7. The number of anilines is 1. The van der Waals surface area contributed by atoms with Crippen LogP contribution in [-0.4, -0.2) is 77.4 Å². The molecule has 17 heteroatoms. The summed E-state index contributed by atoms with van der Waals surface area (Å²) in [5.74, 6) is -6.96. The molecule has 0 spiro atoms. The summed E-state index contributed by atoms with van der Waals surface area (Å²) < 4.78 is 55.2. The Balaban J connectivity index is 1.60. The maximum atomic E-state index is 15.0. The molecule has 1 saturated heterocycles. The molecule has 37 heavy (non-hydrogen) atoms. The monoisotopic (exact) mass is 565 g/mol. The first-order valence-corrected chi connectivity index (χ1v) is 11.0. The Morgan fingerprint density at radius 1 is 1.19 bits per heavy atom. The number of fused-ring (bicyclic) bond motifs is 1. The second kappa shape index (κ2) is 9.90. The molecule has 0 bridgehead atoms. The molecule has 0 aliphatic carbocycles. The van der Waals surface area contributed by atoms with Crippen molar-refractivity contribution in [3.05, 3.63) is 46.0 Å². The molecule has 0 radical (unpaired) electrons. The van der Waals surface area contributed by atoms with E-state index in [1.54, 1.807) is 0 Å². The maximum Gasteiger partial charge on any atom is 0.348 e. The minimum Gasteiger partial charge on any atom is -0.479 e. The van der Waals surface area contributed by atoms with Crippen LogP contribution in [-0.2, 0) is 25.5 Å². The van der Waals surface area contributed by atoms with Gasteiger partial charge >= 0.3 is 11.9 Å². The molecule has 4 rings (SSSR count). The number of hydrogen-bond acceptors (Lipinski definition) is 9. The first-order valence-electron chi connectivity index (χ1n) is 10.2. The second-order valence-corrected chi connectivity index (χ2v) is 8.75. The smallest absolute Gasteiger partial charge is 0.348 e. The zero-order valence-electron chi connectivity index (χ0n) is 18.2. The van der Waals surface area contributed by atoms with E-state index in [1.807, 2.05) is 0 Å². The van der Waals surface area contributed by atoms with Crippen LogP contribution in [0, 0.1) is 11.6 Å². The molecule has 0 amide bonds. The van der Waals surface area contributed by atoms with Crippen LogP contribution in [0.25, 0.3) is 11.2 Å². The Kier molecular flexibility index (Phi) is 7.18. The lowest BCUT2D eigenvalue weighted by Crippen LogP contribution is -2.53. The fraction of sp³-hybridized carbons (Fsp3) is 0.350. The summed E-state index contributed by atoms with van der Waals surface area (Å²) in [5, 5.41) is 29.0. The zero-order chi connectivity index (χ0) is 27.2. The molecule has 1 aromatic carbocycles. The van der Waals surface area contributed by atoms with Gasteiger partial charge in [-0.05, 0) is 23.7 Å². The van der Waals surface area contributed by atoms with E-state index in [0.717, 1.165) is 10.9 Å². The molecule has 0 unspecified atom stereocenters. The van der Waals surface area contributed by atoms with Crippen LogP contribution < -0.4 is 5.73 Å². The number of nitrogens with two attached hydrogens (primary N) is 1. The predicted molar refractivity (Wildman–Crippen MR) is 119 cm³/mol. The highest BCUT2D eigenvalue weighted by atomic mass is 35.5. The number of imidazole rings is 1. The second-order valence-electron chi connectivity index (χ2n) is 7.98. The first-order chi connectivity index (χ1) is 17.4. The predicted octanol–water partition coefficient (Wildman–Crippen LogP) is 1.76. The lowest BCUT2D eigenvalue weighted by atomic mass is 9.93. The number of nitrogens with zero attached hydrogens (tertiary/aromatic N) is 4. The number of nitrogen functional groups attached to an aromatic ring is 1. The van der Waals surface area contributed by atoms with Gasteiger partial charge in [0, 0.05) is 17.0 Å². The van der Waals surface area contributed by atoms with Crippen LogP contribution in [0.1, 0.15) is 11.8 Å². The van der Waals surface area contributed by atoms with Gasteiger partial charge < -0.3 is 30.5 Å². The minimum absolute atomic E-state index is 0.0435. The molecule has 2 aromatic heterocycles. The van der Waals surface area contributed by atoms with E-state index < -0.39 is 72.4 Å². The molecule has 1 aliphatic rings. The number of carboxylic acids is 2. The fourth-order valence-corrected chi connectivity index (χ4v) is 4.16. The van der Waals surface area contributed by atoms with E-state index in [9.17, 15) is 33.7 Å². The minimum atomic E-state index is -3.24. The topological polar surface area (TPSA) is 183 Å². The average molecular weight is 566 g/mol. The average Bonchev–Trinajstić information content (AvgIpc) is 3.33. The largest absolute Gasteiger partial charge is 0.479 e. The van der Waals surface area contributed by atoms with Crippen molar-refractivity contribution < 1.29 is 47.6 Å². The van der Waals surface area contributed by atoms with E-state index in [1.165, 1.54) is 0 Å². The summed E-state index contributed by atoms with van der Waals surface area (Å²) >= 11 is 11.3. The van der Waals surface area contributed by atoms with Crippen molar-refractivity contribution in [2.45, 2.75) is 36.6 Å². The third-order valence-electron chi connectivity index (χ3n) is 5.71. The fourth-order valence-electron chi connectivity index (χ4n) is 3.79. The number of carbonyl (C=O) groups is 2. The van der Waals surface area contributed by atoms with Crippen molar-refractivity contribution in [2.24, 2.45) is 0 Å². The SMILES string of the molecule is Nc1nc(Cl)nc2c1ncn2[C@@H]1O[C@H](COC(Cc2c(F)cc(Cl)cc2F)(C(=O)O)C(=O)O)[C@@H](O)[C@@H]1F. The molecular weight excluding hydrogens is 550 g/mol. The van der Waals surface area contributed by atoms with Gasteiger partial charge in [0.1, 0.15) is 29.4 Å². The van der Waals surface area contributed by atoms with Crippen molar-refractivity contribution in [1.29, 1.82) is 0 Å². The quantitative estimate of drug-likeness (QED) is 0.230. The summed E-state index contributed by atoms with van der Waals surface area (Å²) in [6.07, 6.45) is -7.53. The van der Waals surface area contributed by atoms with Gasteiger partial charge in [0.2, 0.25) is 5.28 Å². The number of alkyl halides is 1. The Hall–Kier alpha value is -3.24. The first kappa shape index (κ1) is 26.8. The van der Waals surface area contributed by atoms with Crippen molar-refractivity contribution in [3.63, 3.8) is 0 Å². The lowest BCUT2D eigenvalue weighted by Gasteiger charge is -2.27. The number of aliphatic hydroxyl groups excluding tert-OH is 1. The van der Waals surface area contributed by atoms with Crippen molar-refractivity contribution >= 4 is 52.1 Å².